The Morgan fingerprint density at radius 3 is 2.56 bits per heavy atom. The average molecular weight is 527 g/mol. The Morgan fingerprint density at radius 2 is 1.82 bits per heavy atom. The predicted molar refractivity (Wildman–Crippen MR) is 147 cm³/mol. The Labute approximate surface area is 227 Å². The highest BCUT2D eigenvalue weighted by molar-refractivity contribution is 6.03. The Morgan fingerprint density at radius 1 is 1.03 bits per heavy atom. The van der Waals surface area contributed by atoms with Crippen LogP contribution in [0.2, 0.25) is 0 Å². The van der Waals surface area contributed by atoms with E-state index in [-0.39, 0.29) is 35.9 Å². The van der Waals surface area contributed by atoms with Gasteiger partial charge in [0.25, 0.3) is 5.91 Å². The first-order chi connectivity index (χ1) is 18.8. The van der Waals surface area contributed by atoms with Crippen LogP contribution in [0.5, 0.6) is 5.75 Å². The van der Waals surface area contributed by atoms with E-state index in [2.05, 4.69) is 0 Å². The highest BCUT2D eigenvalue weighted by Crippen LogP contribution is 2.38. The molecule has 200 valence electrons. The zero-order valence-corrected chi connectivity index (χ0v) is 22.3. The molecule has 1 aromatic heterocycles. The third-order valence-electron chi connectivity index (χ3n) is 6.99. The van der Waals surface area contributed by atoms with Gasteiger partial charge in [0.2, 0.25) is 5.91 Å². The quantitative estimate of drug-likeness (QED) is 0.279. The van der Waals surface area contributed by atoms with Gasteiger partial charge in [0.1, 0.15) is 23.9 Å². The Bertz CT molecular complexity index is 1480. The van der Waals surface area contributed by atoms with E-state index in [4.69, 9.17) is 9.15 Å². The van der Waals surface area contributed by atoms with Crippen LogP contribution in [0, 0.1) is 11.7 Å². The molecule has 39 heavy (non-hydrogen) atoms. The van der Waals surface area contributed by atoms with E-state index >= 15 is 0 Å². The van der Waals surface area contributed by atoms with Crippen LogP contribution in [-0.2, 0) is 17.8 Å². The Hall–Kier alpha value is -4.39. The number of furan rings is 1. The highest BCUT2D eigenvalue weighted by atomic mass is 19.1. The van der Waals surface area contributed by atoms with Crippen LogP contribution in [-0.4, -0.2) is 30.3 Å². The summed E-state index contributed by atoms with van der Waals surface area (Å²) in [7, 11) is 1.70. The first kappa shape index (κ1) is 26.2. The zero-order chi connectivity index (χ0) is 27.5. The standard InChI is InChI=1S/C32H31FN2O4/c1-21(2)31(36)35-17-16-22-12-13-26(19-28(22)30(35)23-8-7-9-24(33)18-23)38-20-27-14-15-29(39-27)32(37)34(3)25-10-5-4-6-11-25/h4-15,18-19,21,30H,16-17,20H2,1-3H3/t30-/m0/s1. The molecular weight excluding hydrogens is 495 g/mol. The molecule has 1 aliphatic rings. The van der Waals surface area contributed by atoms with Gasteiger partial charge in [0.15, 0.2) is 5.76 Å². The largest absolute Gasteiger partial charge is 0.486 e. The number of hydrogen-bond acceptors (Lipinski definition) is 4. The van der Waals surface area contributed by atoms with Crippen LogP contribution in [0.15, 0.2) is 89.3 Å². The molecular formula is C32H31FN2O4. The van der Waals surface area contributed by atoms with Crippen molar-refractivity contribution in [1.82, 2.24) is 4.90 Å². The fraction of sp³-hybridized carbons (Fsp3) is 0.250. The summed E-state index contributed by atoms with van der Waals surface area (Å²) < 4.78 is 26.1. The molecule has 0 spiro atoms. The molecule has 6 nitrogen and oxygen atoms in total. The van der Waals surface area contributed by atoms with Crippen molar-refractivity contribution in [2.24, 2.45) is 5.92 Å². The minimum absolute atomic E-state index is 0.0227. The van der Waals surface area contributed by atoms with Crippen molar-refractivity contribution >= 4 is 17.5 Å². The highest BCUT2D eigenvalue weighted by Gasteiger charge is 2.33. The molecule has 5 rings (SSSR count). The molecule has 7 heteroatoms. The molecule has 1 atom stereocenters. The molecule has 3 aromatic carbocycles. The van der Waals surface area contributed by atoms with Crippen LogP contribution in [0.4, 0.5) is 10.1 Å². The number of halogens is 1. The van der Waals surface area contributed by atoms with E-state index in [1.165, 1.54) is 17.0 Å². The molecule has 0 saturated carbocycles. The van der Waals surface area contributed by atoms with Crippen LogP contribution < -0.4 is 9.64 Å². The number of para-hydroxylation sites is 1. The fourth-order valence-corrected chi connectivity index (χ4v) is 4.95. The molecule has 0 unspecified atom stereocenters. The number of rotatable bonds is 7. The fourth-order valence-electron chi connectivity index (χ4n) is 4.95. The van der Waals surface area contributed by atoms with Crippen molar-refractivity contribution in [3.8, 4) is 5.75 Å². The van der Waals surface area contributed by atoms with E-state index in [9.17, 15) is 14.0 Å². The van der Waals surface area contributed by atoms with Crippen molar-refractivity contribution in [3.05, 3.63) is 119 Å². The van der Waals surface area contributed by atoms with E-state index in [0.717, 1.165) is 22.4 Å². The van der Waals surface area contributed by atoms with Gasteiger partial charge in [-0.05, 0) is 71.6 Å². The lowest BCUT2D eigenvalue weighted by atomic mass is 9.87. The maximum absolute atomic E-state index is 14.2. The van der Waals surface area contributed by atoms with Crippen LogP contribution in [0.3, 0.4) is 0 Å². The molecule has 2 amide bonds. The molecule has 0 fully saturated rings. The molecule has 4 aromatic rings. The number of anilines is 1. The van der Waals surface area contributed by atoms with E-state index < -0.39 is 6.04 Å². The smallest absolute Gasteiger partial charge is 0.293 e. The normalized spacial score (nSPS) is 14.7. The molecule has 0 radical (unpaired) electrons. The minimum Gasteiger partial charge on any atom is -0.486 e. The molecule has 0 N–H and O–H groups in total. The maximum Gasteiger partial charge on any atom is 0.293 e. The first-order valence-corrected chi connectivity index (χ1v) is 13.0. The second-order valence-corrected chi connectivity index (χ2v) is 10.0. The summed E-state index contributed by atoms with van der Waals surface area (Å²) in [6.45, 7) is 4.44. The first-order valence-electron chi connectivity index (χ1n) is 13.0. The number of carbonyl (C=O) groups excluding carboxylic acids is 2. The molecule has 0 bridgehead atoms. The van der Waals surface area contributed by atoms with Gasteiger partial charge in [0, 0.05) is 25.2 Å². The SMILES string of the molecule is CC(C)C(=O)N1CCc2ccc(OCc3ccc(C(=O)N(C)c4ccccc4)o3)cc2[C@@H]1c1cccc(F)c1. The Kier molecular flexibility index (Phi) is 7.50. The second-order valence-electron chi connectivity index (χ2n) is 10.0. The number of nitrogens with zero attached hydrogens (tertiary/aromatic N) is 2. The molecule has 0 aliphatic carbocycles. The number of carbonyl (C=O) groups is 2. The number of fused-ring (bicyclic) bond motifs is 1. The van der Waals surface area contributed by atoms with E-state index in [1.54, 1.807) is 25.2 Å². The summed E-state index contributed by atoms with van der Waals surface area (Å²) in [5.74, 6) is 0.572. The minimum atomic E-state index is -0.413. The number of benzene rings is 3. The van der Waals surface area contributed by atoms with Gasteiger partial charge in [-0.3, -0.25) is 9.59 Å². The van der Waals surface area contributed by atoms with Crippen molar-refractivity contribution in [2.75, 3.05) is 18.5 Å². The summed E-state index contributed by atoms with van der Waals surface area (Å²) >= 11 is 0. The zero-order valence-electron chi connectivity index (χ0n) is 22.3. The lowest BCUT2D eigenvalue weighted by Crippen LogP contribution is -2.42. The summed E-state index contributed by atoms with van der Waals surface area (Å²) in [4.78, 5) is 29.3. The van der Waals surface area contributed by atoms with Gasteiger partial charge >= 0.3 is 0 Å². The topological polar surface area (TPSA) is 63.0 Å². The van der Waals surface area contributed by atoms with Gasteiger partial charge in [-0.25, -0.2) is 4.39 Å². The van der Waals surface area contributed by atoms with E-state index in [0.29, 0.717) is 24.5 Å². The lowest BCUT2D eigenvalue weighted by Gasteiger charge is -2.39. The Balaban J connectivity index is 1.36. The van der Waals surface area contributed by atoms with Crippen molar-refractivity contribution < 1.29 is 23.1 Å². The second kappa shape index (κ2) is 11.2. The van der Waals surface area contributed by atoms with Crippen molar-refractivity contribution in [2.45, 2.75) is 32.9 Å². The summed E-state index contributed by atoms with van der Waals surface area (Å²) in [6.07, 6.45) is 0.707. The van der Waals surface area contributed by atoms with Crippen LogP contribution in [0.1, 0.15) is 52.9 Å². The van der Waals surface area contributed by atoms with Gasteiger partial charge in [-0.2, -0.15) is 0 Å². The summed E-state index contributed by atoms with van der Waals surface area (Å²) in [5.41, 5.74) is 3.50. The molecule has 2 heterocycles. The molecule has 0 saturated heterocycles. The van der Waals surface area contributed by atoms with Crippen LogP contribution in [0.25, 0.3) is 0 Å². The molecule has 1 aliphatic heterocycles. The van der Waals surface area contributed by atoms with Gasteiger partial charge < -0.3 is 19.0 Å². The maximum atomic E-state index is 14.2. The van der Waals surface area contributed by atoms with Crippen molar-refractivity contribution in [3.63, 3.8) is 0 Å². The van der Waals surface area contributed by atoms with Gasteiger partial charge in [-0.1, -0.05) is 50.2 Å². The van der Waals surface area contributed by atoms with Crippen molar-refractivity contribution in [1.29, 1.82) is 0 Å². The van der Waals surface area contributed by atoms with Crippen LogP contribution >= 0.6 is 0 Å². The lowest BCUT2D eigenvalue weighted by molar-refractivity contribution is -0.136. The number of hydrogen-bond donors (Lipinski definition) is 0. The number of amides is 2. The monoisotopic (exact) mass is 526 g/mol. The average Bonchev–Trinajstić information content (AvgIpc) is 3.43. The number of ether oxygens (including phenoxy) is 1. The van der Waals surface area contributed by atoms with Gasteiger partial charge in [0.05, 0.1) is 6.04 Å². The summed E-state index contributed by atoms with van der Waals surface area (Å²) in [6, 6.07) is 24.5. The predicted octanol–water partition coefficient (Wildman–Crippen LogP) is 6.40. The van der Waals surface area contributed by atoms with E-state index in [1.807, 2.05) is 73.3 Å². The summed E-state index contributed by atoms with van der Waals surface area (Å²) in [5, 5.41) is 0. The van der Waals surface area contributed by atoms with Gasteiger partial charge in [-0.15, -0.1) is 0 Å². The third-order valence-corrected chi connectivity index (χ3v) is 6.99. The third kappa shape index (κ3) is 5.58.